The van der Waals surface area contributed by atoms with E-state index in [1.165, 1.54) is 23.5 Å². The fraction of sp³-hybridized carbons (Fsp3) is 0. The van der Waals surface area contributed by atoms with Gasteiger partial charge in [-0.3, -0.25) is 0 Å². The minimum absolute atomic E-state index is 0.137. The normalized spacial score (nSPS) is 10.0. The molecule has 0 spiro atoms. The third-order valence-corrected chi connectivity index (χ3v) is 5.41. The maximum atomic E-state index is 9.70. The second-order valence-corrected chi connectivity index (χ2v) is 7.08. The van der Waals surface area contributed by atoms with Gasteiger partial charge in [-0.15, -0.1) is 0 Å². The van der Waals surface area contributed by atoms with Crippen LogP contribution in [0.15, 0.2) is 80.4 Å². The summed E-state index contributed by atoms with van der Waals surface area (Å²) in [5, 5.41) is 19.7. The summed E-state index contributed by atoms with van der Waals surface area (Å²) in [7, 11) is 0. The van der Waals surface area contributed by atoms with E-state index in [1.807, 2.05) is 60.7 Å². The van der Waals surface area contributed by atoms with Crippen LogP contribution in [0, 0.1) is 22.7 Å². The number of nitrogens with two attached hydrogens (primary N) is 1. The van der Waals surface area contributed by atoms with Gasteiger partial charge in [0.2, 0.25) is 0 Å². The SMILES string of the molecule is N#Cc1c(N)nc(Sc2ccccc2)c(C#N)c1Sc1ccccc1. The fourth-order valence-electron chi connectivity index (χ4n) is 2.15. The highest BCUT2D eigenvalue weighted by Crippen LogP contribution is 2.40. The molecule has 25 heavy (non-hydrogen) atoms. The molecule has 0 aliphatic carbocycles. The Morgan fingerprint density at radius 2 is 1.28 bits per heavy atom. The van der Waals surface area contributed by atoms with Crippen molar-refractivity contribution in [2.24, 2.45) is 0 Å². The van der Waals surface area contributed by atoms with Gasteiger partial charge in [0, 0.05) is 9.79 Å². The predicted molar refractivity (Wildman–Crippen MR) is 99.2 cm³/mol. The van der Waals surface area contributed by atoms with E-state index in [1.54, 1.807) is 0 Å². The average Bonchev–Trinajstić information content (AvgIpc) is 2.64. The summed E-state index contributed by atoms with van der Waals surface area (Å²) in [6.07, 6.45) is 0. The zero-order valence-corrected chi connectivity index (χ0v) is 14.6. The Bertz CT molecular complexity index is 974. The molecule has 0 fully saturated rings. The molecule has 0 bridgehead atoms. The van der Waals surface area contributed by atoms with Crippen molar-refractivity contribution in [3.05, 3.63) is 71.8 Å². The fourth-order valence-corrected chi connectivity index (χ4v) is 4.15. The summed E-state index contributed by atoms with van der Waals surface area (Å²) >= 11 is 2.71. The van der Waals surface area contributed by atoms with Crippen LogP contribution in [0.4, 0.5) is 5.82 Å². The van der Waals surface area contributed by atoms with Crippen molar-refractivity contribution >= 4 is 29.3 Å². The van der Waals surface area contributed by atoms with Crippen LogP contribution in [0.2, 0.25) is 0 Å². The van der Waals surface area contributed by atoms with Gasteiger partial charge < -0.3 is 5.73 Å². The zero-order valence-electron chi connectivity index (χ0n) is 13.0. The molecule has 3 rings (SSSR count). The molecular weight excluding hydrogens is 348 g/mol. The zero-order chi connectivity index (χ0) is 17.6. The first-order valence-electron chi connectivity index (χ1n) is 7.32. The molecule has 1 heterocycles. The molecule has 4 nitrogen and oxygen atoms in total. The number of benzene rings is 2. The van der Waals surface area contributed by atoms with Crippen molar-refractivity contribution in [1.82, 2.24) is 4.98 Å². The Morgan fingerprint density at radius 1 is 0.760 bits per heavy atom. The number of hydrogen-bond donors (Lipinski definition) is 1. The maximum absolute atomic E-state index is 9.70. The number of anilines is 1. The Kier molecular flexibility index (Phi) is 5.25. The van der Waals surface area contributed by atoms with E-state index in [0.717, 1.165) is 9.79 Å². The van der Waals surface area contributed by atoms with E-state index in [2.05, 4.69) is 17.1 Å². The molecular formula is C19H12N4S2. The van der Waals surface area contributed by atoms with Crippen LogP contribution in [0.25, 0.3) is 0 Å². The predicted octanol–water partition coefficient (Wildman–Crippen LogP) is 4.71. The van der Waals surface area contributed by atoms with E-state index in [4.69, 9.17) is 5.73 Å². The van der Waals surface area contributed by atoms with Crippen molar-refractivity contribution in [2.75, 3.05) is 5.73 Å². The Morgan fingerprint density at radius 3 is 1.80 bits per heavy atom. The number of rotatable bonds is 4. The third-order valence-electron chi connectivity index (χ3n) is 3.29. The Balaban J connectivity index is 2.12. The van der Waals surface area contributed by atoms with Crippen LogP contribution in [0.1, 0.15) is 11.1 Å². The summed E-state index contributed by atoms with van der Waals surface area (Å²) in [5.74, 6) is 0.137. The van der Waals surface area contributed by atoms with E-state index in [0.29, 0.717) is 15.5 Å². The molecule has 0 saturated heterocycles. The molecule has 0 saturated carbocycles. The number of nitrogens with zero attached hydrogens (tertiary/aromatic N) is 3. The van der Waals surface area contributed by atoms with Crippen molar-refractivity contribution < 1.29 is 0 Å². The molecule has 0 radical (unpaired) electrons. The van der Waals surface area contributed by atoms with Gasteiger partial charge in [0.05, 0.1) is 4.90 Å². The summed E-state index contributed by atoms with van der Waals surface area (Å²) in [6.45, 7) is 0. The Hall–Kier alpha value is -2.93. The lowest BCUT2D eigenvalue weighted by molar-refractivity contribution is 1.06. The smallest absolute Gasteiger partial charge is 0.143 e. The van der Waals surface area contributed by atoms with Crippen LogP contribution in [0.5, 0.6) is 0 Å². The second kappa shape index (κ2) is 7.76. The molecule has 6 heteroatoms. The minimum Gasteiger partial charge on any atom is -0.383 e. The van der Waals surface area contributed by atoms with Gasteiger partial charge in [0.25, 0.3) is 0 Å². The number of hydrogen-bond acceptors (Lipinski definition) is 6. The van der Waals surface area contributed by atoms with Gasteiger partial charge in [-0.1, -0.05) is 59.9 Å². The maximum Gasteiger partial charge on any atom is 0.143 e. The lowest BCUT2D eigenvalue weighted by Gasteiger charge is -2.12. The van der Waals surface area contributed by atoms with Crippen LogP contribution >= 0.6 is 23.5 Å². The lowest BCUT2D eigenvalue weighted by Crippen LogP contribution is -2.02. The molecule has 0 amide bonds. The van der Waals surface area contributed by atoms with Crippen molar-refractivity contribution in [3.8, 4) is 12.1 Å². The molecule has 0 atom stereocenters. The van der Waals surface area contributed by atoms with Gasteiger partial charge >= 0.3 is 0 Å². The van der Waals surface area contributed by atoms with Gasteiger partial charge in [-0.05, 0) is 24.3 Å². The van der Waals surface area contributed by atoms with Crippen LogP contribution < -0.4 is 5.73 Å². The summed E-state index contributed by atoms with van der Waals surface area (Å²) in [5.41, 5.74) is 6.60. The molecule has 3 aromatic rings. The molecule has 0 aliphatic rings. The first kappa shape index (κ1) is 16.9. The molecule has 2 aromatic carbocycles. The highest BCUT2D eigenvalue weighted by molar-refractivity contribution is 8.00. The topological polar surface area (TPSA) is 86.5 Å². The van der Waals surface area contributed by atoms with Gasteiger partial charge in [0.15, 0.2) is 0 Å². The second-order valence-electron chi connectivity index (χ2n) is 4.94. The van der Waals surface area contributed by atoms with E-state index < -0.39 is 0 Å². The summed E-state index contributed by atoms with van der Waals surface area (Å²) < 4.78 is 0. The molecule has 120 valence electrons. The van der Waals surface area contributed by atoms with Crippen LogP contribution in [-0.4, -0.2) is 4.98 Å². The summed E-state index contributed by atoms with van der Waals surface area (Å²) in [4.78, 5) is 6.72. The van der Waals surface area contributed by atoms with Gasteiger partial charge in [-0.2, -0.15) is 10.5 Å². The van der Waals surface area contributed by atoms with E-state index >= 15 is 0 Å². The van der Waals surface area contributed by atoms with Crippen molar-refractivity contribution in [2.45, 2.75) is 19.7 Å². The van der Waals surface area contributed by atoms with Crippen molar-refractivity contribution in [3.63, 3.8) is 0 Å². The number of pyridine rings is 1. The number of nitriles is 2. The van der Waals surface area contributed by atoms with Gasteiger partial charge in [0.1, 0.15) is 34.1 Å². The van der Waals surface area contributed by atoms with Crippen molar-refractivity contribution in [1.29, 1.82) is 10.5 Å². The molecule has 0 aliphatic heterocycles. The lowest BCUT2D eigenvalue weighted by atomic mass is 10.2. The minimum atomic E-state index is 0.137. The average molecular weight is 360 g/mol. The highest BCUT2D eigenvalue weighted by atomic mass is 32.2. The van der Waals surface area contributed by atoms with Gasteiger partial charge in [-0.25, -0.2) is 4.98 Å². The largest absolute Gasteiger partial charge is 0.383 e. The molecule has 1 aromatic heterocycles. The van der Waals surface area contributed by atoms with E-state index in [-0.39, 0.29) is 11.4 Å². The highest BCUT2D eigenvalue weighted by Gasteiger charge is 2.20. The first-order chi connectivity index (χ1) is 12.2. The Labute approximate surface area is 154 Å². The molecule has 2 N–H and O–H groups in total. The van der Waals surface area contributed by atoms with Crippen LogP contribution in [-0.2, 0) is 0 Å². The van der Waals surface area contributed by atoms with E-state index in [9.17, 15) is 10.5 Å². The quantitative estimate of drug-likeness (QED) is 0.725. The third kappa shape index (κ3) is 3.77. The summed E-state index contributed by atoms with van der Waals surface area (Å²) in [6, 6.07) is 23.5. The number of aromatic nitrogens is 1. The first-order valence-corrected chi connectivity index (χ1v) is 8.95. The standard InChI is InChI=1S/C19H12N4S2/c20-11-15-17(24-13-7-3-1-4-8-13)16(12-21)19(23-18(15)22)25-14-9-5-2-6-10-14/h1-10H,(H2,22,23). The molecule has 0 unspecified atom stereocenters. The number of nitrogen functional groups attached to an aromatic ring is 1. The monoisotopic (exact) mass is 360 g/mol. The van der Waals surface area contributed by atoms with Crippen LogP contribution in [0.3, 0.4) is 0 Å².